The first kappa shape index (κ1) is 15.9. The Labute approximate surface area is 139 Å². The summed E-state index contributed by atoms with van der Waals surface area (Å²) in [6.45, 7) is 0. The third kappa shape index (κ3) is 4.23. The van der Waals surface area contributed by atoms with Crippen molar-refractivity contribution in [2.45, 2.75) is 0 Å². The highest BCUT2D eigenvalue weighted by molar-refractivity contribution is 9.10. The topological polar surface area (TPSA) is 41.1 Å². The molecule has 108 valence electrons. The van der Waals surface area contributed by atoms with Gasteiger partial charge < -0.3 is 5.32 Å². The molecule has 0 saturated carbocycles. The summed E-state index contributed by atoms with van der Waals surface area (Å²) in [5.74, 6) is -1.22. The Kier molecular flexibility index (Phi) is 5.27. The molecule has 0 saturated heterocycles. The van der Waals surface area contributed by atoms with Crippen molar-refractivity contribution in [3.05, 3.63) is 63.3 Å². The van der Waals surface area contributed by atoms with Gasteiger partial charge in [0, 0.05) is 10.2 Å². The lowest BCUT2D eigenvalue weighted by Crippen LogP contribution is -2.34. The normalized spacial score (nSPS) is 10.0. The van der Waals surface area contributed by atoms with Crippen LogP contribution in [0, 0.1) is 5.82 Å². The van der Waals surface area contributed by atoms with Gasteiger partial charge in [0.1, 0.15) is 5.82 Å². The molecule has 2 aromatic rings. The highest BCUT2D eigenvalue weighted by atomic mass is 79.9. The van der Waals surface area contributed by atoms with Gasteiger partial charge in [-0.05, 0) is 58.5 Å². The van der Waals surface area contributed by atoms with Gasteiger partial charge in [-0.3, -0.25) is 10.1 Å². The SMILES string of the molecule is O=C(NC(=S)Nc1ccc(Br)c(Cl)c1)c1ccccc1F. The lowest BCUT2D eigenvalue weighted by Gasteiger charge is -2.10. The van der Waals surface area contributed by atoms with Crippen LogP contribution in [0.25, 0.3) is 0 Å². The molecule has 0 aliphatic heterocycles. The van der Waals surface area contributed by atoms with Gasteiger partial charge in [0.05, 0.1) is 10.6 Å². The van der Waals surface area contributed by atoms with Gasteiger partial charge in [-0.2, -0.15) is 0 Å². The summed E-state index contributed by atoms with van der Waals surface area (Å²) >= 11 is 14.2. The minimum Gasteiger partial charge on any atom is -0.332 e. The zero-order valence-corrected chi connectivity index (χ0v) is 13.7. The molecule has 0 unspecified atom stereocenters. The molecule has 0 aliphatic rings. The molecule has 3 nitrogen and oxygen atoms in total. The second-order valence-electron chi connectivity index (χ2n) is 4.02. The van der Waals surface area contributed by atoms with Crippen LogP contribution < -0.4 is 10.6 Å². The number of amides is 1. The molecule has 0 spiro atoms. The Morgan fingerprint density at radius 1 is 1.24 bits per heavy atom. The second-order valence-corrected chi connectivity index (χ2v) is 5.69. The summed E-state index contributed by atoms with van der Waals surface area (Å²) in [6.07, 6.45) is 0. The maximum absolute atomic E-state index is 13.5. The van der Waals surface area contributed by atoms with E-state index in [-0.39, 0.29) is 10.7 Å². The van der Waals surface area contributed by atoms with Gasteiger partial charge in [0.15, 0.2) is 5.11 Å². The van der Waals surface area contributed by atoms with Crippen LogP contribution in [0.5, 0.6) is 0 Å². The van der Waals surface area contributed by atoms with Crippen LogP contribution in [0.4, 0.5) is 10.1 Å². The van der Waals surface area contributed by atoms with Crippen molar-refractivity contribution in [1.29, 1.82) is 0 Å². The Hall–Kier alpha value is -1.50. The fraction of sp³-hybridized carbons (Fsp3) is 0. The van der Waals surface area contributed by atoms with E-state index in [4.69, 9.17) is 23.8 Å². The minimum absolute atomic E-state index is 0.0571. The second kappa shape index (κ2) is 6.98. The van der Waals surface area contributed by atoms with E-state index < -0.39 is 11.7 Å². The molecule has 0 atom stereocenters. The minimum atomic E-state index is -0.617. The van der Waals surface area contributed by atoms with E-state index in [9.17, 15) is 9.18 Å². The van der Waals surface area contributed by atoms with Crippen LogP contribution in [0.3, 0.4) is 0 Å². The zero-order valence-electron chi connectivity index (χ0n) is 10.5. The van der Waals surface area contributed by atoms with Crippen molar-refractivity contribution in [2.24, 2.45) is 0 Å². The summed E-state index contributed by atoms with van der Waals surface area (Å²) in [7, 11) is 0. The largest absolute Gasteiger partial charge is 0.332 e. The van der Waals surface area contributed by atoms with E-state index in [2.05, 4.69) is 26.6 Å². The number of halogens is 3. The standard InChI is InChI=1S/C14H9BrClFN2OS/c15-10-6-5-8(7-11(10)16)18-14(21)19-13(20)9-3-1-2-4-12(9)17/h1-7H,(H2,18,19,20,21). The molecule has 0 heterocycles. The monoisotopic (exact) mass is 386 g/mol. The average Bonchev–Trinajstić information content (AvgIpc) is 2.43. The number of benzene rings is 2. The number of carbonyl (C=O) groups excluding carboxylic acids is 1. The molecule has 0 aliphatic carbocycles. The predicted molar refractivity (Wildman–Crippen MR) is 89.2 cm³/mol. The number of hydrogen-bond donors (Lipinski definition) is 2. The number of thiocarbonyl (C=S) groups is 1. The van der Waals surface area contributed by atoms with Crippen LogP contribution in [0.1, 0.15) is 10.4 Å². The van der Waals surface area contributed by atoms with E-state index >= 15 is 0 Å². The summed E-state index contributed by atoms with van der Waals surface area (Å²) in [6, 6.07) is 10.8. The van der Waals surface area contributed by atoms with Gasteiger partial charge in [0.2, 0.25) is 0 Å². The van der Waals surface area contributed by atoms with Crippen LogP contribution in [-0.4, -0.2) is 11.0 Å². The Bertz CT molecular complexity index is 711. The summed E-state index contributed by atoms with van der Waals surface area (Å²) in [5.41, 5.74) is 0.539. The van der Waals surface area contributed by atoms with Gasteiger partial charge in [-0.15, -0.1) is 0 Å². The molecule has 7 heteroatoms. The third-order valence-corrected chi connectivity index (χ3v) is 3.96. The molecule has 2 aromatic carbocycles. The Morgan fingerprint density at radius 2 is 1.95 bits per heavy atom. The highest BCUT2D eigenvalue weighted by Gasteiger charge is 2.12. The predicted octanol–water partition coefficient (Wildman–Crippen LogP) is 4.37. The van der Waals surface area contributed by atoms with Gasteiger partial charge in [-0.1, -0.05) is 23.7 Å². The zero-order chi connectivity index (χ0) is 15.4. The molecule has 2 rings (SSSR count). The molecular formula is C14H9BrClFN2OS. The lowest BCUT2D eigenvalue weighted by molar-refractivity contribution is 0.0974. The molecule has 1 amide bonds. The van der Waals surface area contributed by atoms with Crippen molar-refractivity contribution < 1.29 is 9.18 Å². The quantitative estimate of drug-likeness (QED) is 0.752. The number of carbonyl (C=O) groups is 1. The lowest BCUT2D eigenvalue weighted by atomic mass is 10.2. The summed E-state index contributed by atoms with van der Waals surface area (Å²) in [5, 5.41) is 5.77. The van der Waals surface area contributed by atoms with E-state index in [1.807, 2.05) is 0 Å². The first-order valence-electron chi connectivity index (χ1n) is 5.79. The maximum atomic E-state index is 13.5. The highest BCUT2D eigenvalue weighted by Crippen LogP contribution is 2.25. The number of nitrogens with one attached hydrogen (secondary N) is 2. The van der Waals surface area contributed by atoms with E-state index in [1.54, 1.807) is 24.3 Å². The van der Waals surface area contributed by atoms with Crippen LogP contribution in [0.15, 0.2) is 46.9 Å². The Morgan fingerprint density at radius 3 is 2.62 bits per heavy atom. The van der Waals surface area contributed by atoms with Gasteiger partial charge in [0.25, 0.3) is 5.91 Å². The van der Waals surface area contributed by atoms with Crippen molar-refractivity contribution in [3.8, 4) is 0 Å². The number of anilines is 1. The first-order chi connectivity index (χ1) is 9.97. The first-order valence-corrected chi connectivity index (χ1v) is 7.37. The molecule has 0 aromatic heterocycles. The fourth-order valence-corrected chi connectivity index (χ4v) is 2.19. The fourth-order valence-electron chi connectivity index (χ4n) is 1.55. The Balaban J connectivity index is 2.03. The van der Waals surface area contributed by atoms with E-state index in [0.717, 1.165) is 4.47 Å². The molecule has 21 heavy (non-hydrogen) atoms. The van der Waals surface area contributed by atoms with Crippen LogP contribution >= 0.6 is 39.7 Å². The molecule has 0 bridgehead atoms. The van der Waals surface area contributed by atoms with Gasteiger partial charge >= 0.3 is 0 Å². The van der Waals surface area contributed by atoms with Crippen LogP contribution in [0.2, 0.25) is 5.02 Å². The smallest absolute Gasteiger partial charge is 0.260 e. The number of hydrogen-bond acceptors (Lipinski definition) is 2. The summed E-state index contributed by atoms with van der Waals surface area (Å²) < 4.78 is 14.2. The van der Waals surface area contributed by atoms with E-state index in [0.29, 0.717) is 10.7 Å². The van der Waals surface area contributed by atoms with Crippen molar-refractivity contribution in [3.63, 3.8) is 0 Å². The van der Waals surface area contributed by atoms with Crippen molar-refractivity contribution in [2.75, 3.05) is 5.32 Å². The molecule has 0 radical (unpaired) electrons. The van der Waals surface area contributed by atoms with Crippen molar-refractivity contribution >= 4 is 56.5 Å². The van der Waals surface area contributed by atoms with Crippen LogP contribution in [-0.2, 0) is 0 Å². The summed E-state index contributed by atoms with van der Waals surface area (Å²) in [4.78, 5) is 11.9. The molecule has 0 fully saturated rings. The maximum Gasteiger partial charge on any atom is 0.260 e. The number of rotatable bonds is 2. The molecular weight excluding hydrogens is 379 g/mol. The van der Waals surface area contributed by atoms with Crippen molar-refractivity contribution in [1.82, 2.24) is 5.32 Å². The average molecular weight is 388 g/mol. The van der Waals surface area contributed by atoms with E-state index in [1.165, 1.54) is 18.2 Å². The third-order valence-electron chi connectivity index (χ3n) is 2.52. The van der Waals surface area contributed by atoms with Gasteiger partial charge in [-0.25, -0.2) is 4.39 Å². The molecule has 2 N–H and O–H groups in total.